The minimum atomic E-state index is -3.42. The van der Waals surface area contributed by atoms with Gasteiger partial charge in [0.2, 0.25) is 15.9 Å². The average molecular weight is 362 g/mol. The van der Waals surface area contributed by atoms with Crippen molar-refractivity contribution < 1.29 is 13.2 Å². The maximum absolute atomic E-state index is 12.0. The maximum atomic E-state index is 12.0. The number of amides is 1. The van der Waals surface area contributed by atoms with Crippen LogP contribution in [0.1, 0.15) is 5.56 Å². The Morgan fingerprint density at radius 3 is 2.92 bits per heavy atom. The molecule has 3 rings (SSSR count). The Morgan fingerprint density at radius 2 is 2.12 bits per heavy atom. The zero-order chi connectivity index (χ0) is 17.9. The summed E-state index contributed by atoms with van der Waals surface area (Å²) >= 11 is 0. The third-order valence-corrected chi connectivity index (χ3v) is 4.11. The maximum Gasteiger partial charge on any atom is 0.241 e. The molecule has 1 aromatic carbocycles. The van der Waals surface area contributed by atoms with E-state index in [0.29, 0.717) is 13.0 Å². The fourth-order valence-corrected chi connectivity index (χ4v) is 2.96. The summed E-state index contributed by atoms with van der Waals surface area (Å²) in [6.45, 7) is 0.455. The molecule has 3 N–H and O–H groups in total. The molecule has 0 bridgehead atoms. The van der Waals surface area contributed by atoms with Crippen molar-refractivity contribution in [3.8, 4) is 0 Å². The molecule has 0 spiro atoms. The van der Waals surface area contributed by atoms with Crippen LogP contribution in [0.5, 0.6) is 0 Å². The van der Waals surface area contributed by atoms with Crippen molar-refractivity contribution >= 4 is 32.7 Å². The number of aromatic nitrogens is 4. The van der Waals surface area contributed by atoms with Crippen LogP contribution in [0.2, 0.25) is 0 Å². The van der Waals surface area contributed by atoms with E-state index in [-0.39, 0.29) is 18.3 Å². The number of H-pyrrole nitrogens is 1. The number of hydrogen-bond donors (Lipinski definition) is 3. The number of para-hydroxylation sites is 1. The summed E-state index contributed by atoms with van der Waals surface area (Å²) in [7, 11) is -3.42. The molecule has 0 unspecified atom stereocenters. The number of aromatic amines is 1. The smallest absolute Gasteiger partial charge is 0.241 e. The van der Waals surface area contributed by atoms with Crippen LogP contribution in [-0.4, -0.2) is 47.1 Å². The molecule has 1 amide bonds. The normalized spacial score (nSPS) is 11.6. The van der Waals surface area contributed by atoms with E-state index in [0.717, 1.165) is 22.7 Å². The summed E-state index contributed by atoms with van der Waals surface area (Å²) in [6, 6.07) is 7.99. The van der Waals surface area contributed by atoms with Gasteiger partial charge in [-0.05, 0) is 18.1 Å². The molecule has 9 nitrogen and oxygen atoms in total. The quantitative estimate of drug-likeness (QED) is 0.565. The van der Waals surface area contributed by atoms with Gasteiger partial charge in [-0.25, -0.2) is 13.1 Å². The third-order valence-electron chi connectivity index (χ3n) is 3.53. The van der Waals surface area contributed by atoms with Crippen molar-refractivity contribution in [2.75, 3.05) is 17.5 Å². The van der Waals surface area contributed by atoms with E-state index in [2.05, 4.69) is 25.3 Å². The number of sulfonamides is 1. The summed E-state index contributed by atoms with van der Waals surface area (Å²) in [5, 5.41) is 11.3. The lowest BCUT2D eigenvalue weighted by Gasteiger charge is -2.04. The highest BCUT2D eigenvalue weighted by Gasteiger charge is 2.09. The lowest BCUT2D eigenvalue weighted by Crippen LogP contribution is -2.29. The van der Waals surface area contributed by atoms with E-state index in [9.17, 15) is 13.2 Å². The Bertz CT molecular complexity index is 992. The molecular weight excluding hydrogens is 344 g/mol. The summed E-state index contributed by atoms with van der Waals surface area (Å²) in [4.78, 5) is 15.1. The molecule has 0 aliphatic carbocycles. The van der Waals surface area contributed by atoms with Crippen LogP contribution in [0.4, 0.5) is 5.82 Å². The number of carbonyl (C=O) groups excluding carboxylic acids is 1. The highest BCUT2D eigenvalue weighted by molar-refractivity contribution is 7.92. The topological polar surface area (TPSA) is 122 Å². The van der Waals surface area contributed by atoms with Crippen molar-refractivity contribution in [2.24, 2.45) is 0 Å². The second-order valence-electron chi connectivity index (χ2n) is 5.64. The lowest BCUT2D eigenvalue weighted by atomic mass is 10.1. The van der Waals surface area contributed by atoms with Gasteiger partial charge in [-0.1, -0.05) is 23.4 Å². The molecule has 0 atom stereocenters. The van der Waals surface area contributed by atoms with E-state index >= 15 is 0 Å². The molecule has 132 valence electrons. The highest BCUT2D eigenvalue weighted by Crippen LogP contribution is 2.17. The zero-order valence-electron chi connectivity index (χ0n) is 13.6. The van der Waals surface area contributed by atoms with Crippen LogP contribution in [-0.2, 0) is 27.8 Å². The molecule has 3 aromatic rings. The molecule has 25 heavy (non-hydrogen) atoms. The Labute approximate surface area is 144 Å². The molecule has 2 aromatic heterocycles. The van der Waals surface area contributed by atoms with E-state index in [4.69, 9.17) is 0 Å². The van der Waals surface area contributed by atoms with Crippen LogP contribution in [0.3, 0.4) is 0 Å². The summed E-state index contributed by atoms with van der Waals surface area (Å²) in [5.74, 6) is -0.148. The summed E-state index contributed by atoms with van der Waals surface area (Å²) in [6.07, 6.45) is 5.02. The van der Waals surface area contributed by atoms with Crippen molar-refractivity contribution in [3.63, 3.8) is 0 Å². The molecule has 10 heteroatoms. The molecule has 0 saturated heterocycles. The molecule has 0 saturated carbocycles. The van der Waals surface area contributed by atoms with Gasteiger partial charge in [0.05, 0.1) is 12.5 Å². The lowest BCUT2D eigenvalue weighted by molar-refractivity contribution is -0.121. The van der Waals surface area contributed by atoms with Crippen molar-refractivity contribution in [2.45, 2.75) is 13.0 Å². The predicted molar refractivity (Wildman–Crippen MR) is 93.5 cm³/mol. The van der Waals surface area contributed by atoms with Crippen LogP contribution in [0.15, 0.2) is 36.7 Å². The number of nitrogens with one attached hydrogen (secondary N) is 3. The molecule has 0 aliphatic rings. The Morgan fingerprint density at radius 1 is 1.32 bits per heavy atom. The SMILES string of the molecule is CS(=O)(=O)Nc1cn(CC(=O)NCCc2c[nH]c3ccccc23)nn1. The van der Waals surface area contributed by atoms with Gasteiger partial charge in [-0.3, -0.25) is 9.52 Å². The third kappa shape index (κ3) is 4.57. The van der Waals surface area contributed by atoms with Crippen molar-refractivity contribution in [3.05, 3.63) is 42.2 Å². The number of anilines is 1. The Hall–Kier alpha value is -2.88. The molecule has 0 aliphatic heterocycles. The Kier molecular flexibility index (Phi) is 4.70. The van der Waals surface area contributed by atoms with Gasteiger partial charge in [0.25, 0.3) is 0 Å². The van der Waals surface area contributed by atoms with Gasteiger partial charge in [-0.2, -0.15) is 0 Å². The number of rotatable bonds is 7. The van der Waals surface area contributed by atoms with Crippen LogP contribution in [0.25, 0.3) is 10.9 Å². The first kappa shape index (κ1) is 17.0. The minimum Gasteiger partial charge on any atom is -0.361 e. The van der Waals surface area contributed by atoms with Crippen molar-refractivity contribution in [1.82, 2.24) is 25.3 Å². The largest absolute Gasteiger partial charge is 0.361 e. The van der Waals surface area contributed by atoms with Crippen LogP contribution in [0, 0.1) is 0 Å². The number of nitrogens with zero attached hydrogens (tertiary/aromatic N) is 3. The first-order chi connectivity index (χ1) is 11.9. The second kappa shape index (κ2) is 6.93. The summed E-state index contributed by atoms with van der Waals surface area (Å²) in [5.41, 5.74) is 2.20. The fraction of sp³-hybridized carbons (Fsp3) is 0.267. The highest BCUT2D eigenvalue weighted by atomic mass is 32.2. The minimum absolute atomic E-state index is 0.0354. The molecule has 2 heterocycles. The number of fused-ring (bicyclic) bond motifs is 1. The van der Waals surface area contributed by atoms with Gasteiger partial charge in [0.15, 0.2) is 5.82 Å². The fourth-order valence-electron chi connectivity index (χ4n) is 2.49. The van der Waals surface area contributed by atoms with E-state index in [1.807, 2.05) is 30.5 Å². The first-order valence-electron chi connectivity index (χ1n) is 7.60. The Balaban J connectivity index is 1.50. The second-order valence-corrected chi connectivity index (χ2v) is 7.38. The molecular formula is C15H18N6O3S. The number of carbonyl (C=O) groups is 1. The van der Waals surface area contributed by atoms with Crippen molar-refractivity contribution in [1.29, 1.82) is 0 Å². The zero-order valence-corrected chi connectivity index (χ0v) is 14.4. The molecule has 0 radical (unpaired) electrons. The average Bonchev–Trinajstić information content (AvgIpc) is 3.13. The van der Waals surface area contributed by atoms with Gasteiger partial charge in [0, 0.05) is 23.6 Å². The first-order valence-corrected chi connectivity index (χ1v) is 9.49. The summed E-state index contributed by atoms with van der Waals surface area (Å²) < 4.78 is 25.7. The van der Waals surface area contributed by atoms with Gasteiger partial charge < -0.3 is 10.3 Å². The van der Waals surface area contributed by atoms with Gasteiger partial charge in [-0.15, -0.1) is 5.10 Å². The predicted octanol–water partition coefficient (Wildman–Crippen LogP) is 0.490. The molecule has 0 fully saturated rings. The standard InChI is InChI=1S/C15H18N6O3S/c1-25(23,24)19-14-9-21(20-18-14)10-15(22)16-7-6-11-8-17-13-5-3-2-4-12(11)13/h2-5,8-9,17,19H,6-7,10H2,1H3,(H,16,22). The van der Waals surface area contributed by atoms with E-state index < -0.39 is 10.0 Å². The van der Waals surface area contributed by atoms with E-state index in [1.54, 1.807) is 0 Å². The number of hydrogen-bond acceptors (Lipinski definition) is 5. The van der Waals surface area contributed by atoms with Gasteiger partial charge >= 0.3 is 0 Å². The monoisotopic (exact) mass is 362 g/mol. The van der Waals surface area contributed by atoms with Crippen LogP contribution < -0.4 is 10.0 Å². The van der Waals surface area contributed by atoms with E-state index in [1.165, 1.54) is 10.9 Å². The number of benzene rings is 1. The van der Waals surface area contributed by atoms with Crippen LogP contribution >= 0.6 is 0 Å². The van der Waals surface area contributed by atoms with Gasteiger partial charge in [0.1, 0.15) is 6.54 Å².